The molecular weight excluding hydrogens is 364 g/mol. The second-order valence-electron chi connectivity index (χ2n) is 5.26. The highest BCUT2D eigenvalue weighted by molar-refractivity contribution is 9.10. The van der Waals surface area contributed by atoms with Crippen LogP contribution in [0.3, 0.4) is 0 Å². The monoisotopic (exact) mass is 382 g/mol. The molecule has 1 atom stereocenters. The molecule has 0 radical (unpaired) electrons. The van der Waals surface area contributed by atoms with Gasteiger partial charge in [-0.05, 0) is 45.1 Å². The zero-order chi connectivity index (χ0) is 15.5. The Hall–Kier alpha value is -1.08. The summed E-state index contributed by atoms with van der Waals surface area (Å²) in [7, 11) is 1.58. The third-order valence-electron chi connectivity index (χ3n) is 3.92. The zero-order valence-corrected chi connectivity index (χ0v) is 14.8. The maximum Gasteiger partial charge on any atom is 0.172 e. The van der Waals surface area contributed by atoms with E-state index in [9.17, 15) is 5.11 Å². The van der Waals surface area contributed by atoms with Crippen molar-refractivity contribution < 1.29 is 9.84 Å². The first kappa shape index (κ1) is 15.8. The standard InChI is InChI=1S/C16H19BrN2O2S/c1-21-13-10-11(9-12(17)16(13)20)15(14-3-2-8-22-14)19-6-4-18-5-7-19/h2-3,8-10,15,18,20H,4-7H2,1H3/t15-/m0/s1. The molecule has 1 aromatic heterocycles. The summed E-state index contributed by atoms with van der Waals surface area (Å²) in [5.41, 5.74) is 1.13. The number of phenols is 1. The molecule has 2 aromatic rings. The number of methoxy groups -OCH3 is 1. The van der Waals surface area contributed by atoms with E-state index in [0.29, 0.717) is 10.2 Å². The molecule has 118 valence electrons. The summed E-state index contributed by atoms with van der Waals surface area (Å²) in [6.45, 7) is 4.00. The summed E-state index contributed by atoms with van der Waals surface area (Å²) in [5, 5.41) is 15.6. The van der Waals surface area contributed by atoms with Gasteiger partial charge in [-0.2, -0.15) is 0 Å². The smallest absolute Gasteiger partial charge is 0.172 e. The number of nitrogens with zero attached hydrogens (tertiary/aromatic N) is 1. The predicted octanol–water partition coefficient (Wildman–Crippen LogP) is 3.22. The Morgan fingerprint density at radius 3 is 2.77 bits per heavy atom. The van der Waals surface area contributed by atoms with E-state index in [0.717, 1.165) is 31.7 Å². The van der Waals surface area contributed by atoms with Gasteiger partial charge in [-0.1, -0.05) is 6.07 Å². The number of hydrogen-bond donors (Lipinski definition) is 2. The van der Waals surface area contributed by atoms with Crippen LogP contribution in [0.2, 0.25) is 0 Å². The lowest BCUT2D eigenvalue weighted by Crippen LogP contribution is -2.45. The lowest BCUT2D eigenvalue weighted by Gasteiger charge is -2.35. The molecule has 2 heterocycles. The van der Waals surface area contributed by atoms with Crippen molar-refractivity contribution in [1.82, 2.24) is 10.2 Å². The number of halogens is 1. The molecule has 0 spiro atoms. The molecule has 1 aliphatic heterocycles. The molecule has 2 N–H and O–H groups in total. The Balaban J connectivity index is 2.04. The van der Waals surface area contributed by atoms with Crippen LogP contribution in [0.5, 0.6) is 11.5 Å². The fraction of sp³-hybridized carbons (Fsp3) is 0.375. The van der Waals surface area contributed by atoms with E-state index in [2.05, 4.69) is 43.7 Å². The normalized spacial score (nSPS) is 17.4. The van der Waals surface area contributed by atoms with Crippen LogP contribution in [-0.2, 0) is 0 Å². The number of phenolic OH excluding ortho intramolecular Hbond substituents is 1. The van der Waals surface area contributed by atoms with Crippen LogP contribution < -0.4 is 10.1 Å². The number of benzene rings is 1. The minimum absolute atomic E-state index is 0.150. The third kappa shape index (κ3) is 3.15. The van der Waals surface area contributed by atoms with Gasteiger partial charge in [-0.25, -0.2) is 0 Å². The lowest BCUT2D eigenvalue weighted by molar-refractivity contribution is 0.200. The molecule has 1 aliphatic rings. The second kappa shape index (κ2) is 7.00. The van der Waals surface area contributed by atoms with Crippen molar-refractivity contribution in [3.8, 4) is 11.5 Å². The first-order valence-electron chi connectivity index (χ1n) is 7.25. The Kier molecular flexibility index (Phi) is 5.03. The topological polar surface area (TPSA) is 44.7 Å². The molecule has 3 rings (SSSR count). The Bertz CT molecular complexity index is 627. The summed E-state index contributed by atoms with van der Waals surface area (Å²) in [6.07, 6.45) is 0. The van der Waals surface area contributed by atoms with Crippen LogP contribution in [0.4, 0.5) is 0 Å². The van der Waals surface area contributed by atoms with Gasteiger partial charge >= 0.3 is 0 Å². The summed E-state index contributed by atoms with van der Waals surface area (Å²) in [6, 6.07) is 8.37. The van der Waals surface area contributed by atoms with E-state index in [1.165, 1.54) is 4.88 Å². The molecule has 0 unspecified atom stereocenters. The number of thiophene rings is 1. The molecule has 0 amide bonds. The van der Waals surface area contributed by atoms with Crippen molar-refractivity contribution in [1.29, 1.82) is 0 Å². The third-order valence-corrected chi connectivity index (χ3v) is 5.45. The molecule has 4 nitrogen and oxygen atoms in total. The largest absolute Gasteiger partial charge is 0.503 e. The highest BCUT2D eigenvalue weighted by Crippen LogP contribution is 2.40. The Morgan fingerprint density at radius 2 is 2.14 bits per heavy atom. The van der Waals surface area contributed by atoms with Crippen molar-refractivity contribution in [3.05, 3.63) is 44.6 Å². The number of ether oxygens (including phenoxy) is 1. The maximum absolute atomic E-state index is 10.1. The van der Waals surface area contributed by atoms with Gasteiger partial charge in [0.15, 0.2) is 11.5 Å². The van der Waals surface area contributed by atoms with E-state index >= 15 is 0 Å². The van der Waals surface area contributed by atoms with Gasteiger partial charge in [0.05, 0.1) is 17.6 Å². The molecule has 0 aliphatic carbocycles. The van der Waals surface area contributed by atoms with Crippen LogP contribution in [0.1, 0.15) is 16.5 Å². The first-order valence-corrected chi connectivity index (χ1v) is 8.92. The first-order chi connectivity index (χ1) is 10.7. The molecule has 1 fully saturated rings. The molecule has 6 heteroatoms. The minimum atomic E-state index is 0.150. The van der Waals surface area contributed by atoms with Gasteiger partial charge in [-0.3, -0.25) is 4.90 Å². The van der Waals surface area contributed by atoms with E-state index in [1.54, 1.807) is 18.4 Å². The van der Waals surface area contributed by atoms with Crippen LogP contribution in [0.15, 0.2) is 34.1 Å². The summed E-state index contributed by atoms with van der Waals surface area (Å²) in [4.78, 5) is 3.78. The average molecular weight is 383 g/mol. The van der Waals surface area contributed by atoms with E-state index < -0.39 is 0 Å². The van der Waals surface area contributed by atoms with Crippen molar-refractivity contribution in [3.63, 3.8) is 0 Å². The van der Waals surface area contributed by atoms with Crippen molar-refractivity contribution in [2.24, 2.45) is 0 Å². The van der Waals surface area contributed by atoms with E-state index in [-0.39, 0.29) is 11.8 Å². The van der Waals surface area contributed by atoms with Crippen molar-refractivity contribution in [2.45, 2.75) is 6.04 Å². The Labute approximate surface area is 142 Å². The van der Waals surface area contributed by atoms with Crippen LogP contribution >= 0.6 is 27.3 Å². The summed E-state index contributed by atoms with van der Waals surface area (Å²) in [5.74, 6) is 0.651. The molecule has 22 heavy (non-hydrogen) atoms. The van der Waals surface area contributed by atoms with Crippen LogP contribution in [0.25, 0.3) is 0 Å². The summed E-state index contributed by atoms with van der Waals surface area (Å²) < 4.78 is 5.98. The van der Waals surface area contributed by atoms with Gasteiger partial charge in [0.2, 0.25) is 0 Å². The van der Waals surface area contributed by atoms with Crippen LogP contribution in [-0.4, -0.2) is 43.3 Å². The zero-order valence-electron chi connectivity index (χ0n) is 12.4. The second-order valence-corrected chi connectivity index (χ2v) is 7.09. The molecular formula is C16H19BrN2O2S. The number of piperazine rings is 1. The Morgan fingerprint density at radius 1 is 1.36 bits per heavy atom. The quantitative estimate of drug-likeness (QED) is 0.851. The fourth-order valence-corrected chi connectivity index (χ4v) is 4.19. The highest BCUT2D eigenvalue weighted by atomic mass is 79.9. The average Bonchev–Trinajstić information content (AvgIpc) is 3.06. The van der Waals surface area contributed by atoms with Crippen molar-refractivity contribution in [2.75, 3.05) is 33.3 Å². The van der Waals surface area contributed by atoms with Gasteiger partial charge < -0.3 is 15.2 Å². The van der Waals surface area contributed by atoms with Gasteiger partial charge in [0.1, 0.15) is 0 Å². The molecule has 1 saturated heterocycles. The van der Waals surface area contributed by atoms with Crippen molar-refractivity contribution >= 4 is 27.3 Å². The highest BCUT2D eigenvalue weighted by Gasteiger charge is 2.26. The summed E-state index contributed by atoms with van der Waals surface area (Å²) >= 11 is 5.20. The molecule has 0 bridgehead atoms. The lowest BCUT2D eigenvalue weighted by atomic mass is 10.0. The van der Waals surface area contributed by atoms with E-state index in [1.807, 2.05) is 12.1 Å². The number of aromatic hydroxyl groups is 1. The molecule has 0 saturated carbocycles. The maximum atomic E-state index is 10.1. The molecule has 1 aromatic carbocycles. The number of rotatable bonds is 4. The van der Waals surface area contributed by atoms with Gasteiger partial charge in [0, 0.05) is 31.1 Å². The van der Waals surface area contributed by atoms with Crippen LogP contribution in [0, 0.1) is 0 Å². The predicted molar refractivity (Wildman–Crippen MR) is 93.0 cm³/mol. The van der Waals surface area contributed by atoms with E-state index in [4.69, 9.17) is 4.74 Å². The minimum Gasteiger partial charge on any atom is -0.503 e. The van der Waals surface area contributed by atoms with Gasteiger partial charge in [0.25, 0.3) is 0 Å². The SMILES string of the molecule is COc1cc([C@@H](c2cccs2)N2CCNCC2)cc(Br)c1O. The fourth-order valence-electron chi connectivity index (χ4n) is 2.85. The van der Waals surface area contributed by atoms with Gasteiger partial charge in [-0.15, -0.1) is 11.3 Å². The number of hydrogen-bond acceptors (Lipinski definition) is 5. The number of nitrogens with one attached hydrogen (secondary N) is 1.